The number of aliphatic hydroxyl groups excluding tert-OH is 1. The zero-order valence-corrected chi connectivity index (χ0v) is 15.9. The number of rotatable bonds is 6. The number of nitrogens with two attached hydrogens (primary N) is 1. The van der Waals surface area contributed by atoms with E-state index >= 15 is 0 Å². The van der Waals surface area contributed by atoms with Crippen LogP contribution in [0.4, 0.5) is 0 Å². The minimum Gasteiger partial charge on any atom is -0.393 e. The quantitative estimate of drug-likeness (QED) is 0.732. The Morgan fingerprint density at radius 3 is 2.44 bits per heavy atom. The topological polar surface area (TPSA) is 78.6 Å². The van der Waals surface area contributed by atoms with Crippen LogP contribution in [0.5, 0.6) is 0 Å². The van der Waals surface area contributed by atoms with Gasteiger partial charge in [-0.15, -0.1) is 0 Å². The lowest BCUT2D eigenvalue weighted by atomic mass is 10.0. The monoisotopic (exact) mass is 367 g/mol. The molecule has 1 aliphatic rings. The summed E-state index contributed by atoms with van der Waals surface area (Å²) in [6.07, 6.45) is 1.48. The molecular formula is C22H29N3O2. The molecule has 1 fully saturated rings. The van der Waals surface area contributed by atoms with Crippen LogP contribution in [0, 0.1) is 6.92 Å². The third kappa shape index (κ3) is 5.39. The summed E-state index contributed by atoms with van der Waals surface area (Å²) in [7, 11) is 0. The predicted octanol–water partition coefficient (Wildman–Crippen LogP) is 2.27. The normalized spacial score (nSPS) is 16.9. The van der Waals surface area contributed by atoms with Crippen LogP contribution in [0.15, 0.2) is 48.5 Å². The Labute approximate surface area is 161 Å². The van der Waals surface area contributed by atoms with E-state index in [-0.39, 0.29) is 12.0 Å². The molecule has 5 heteroatoms. The van der Waals surface area contributed by atoms with Gasteiger partial charge in [0, 0.05) is 26.2 Å². The maximum Gasteiger partial charge on any atom is 0.241 e. The highest BCUT2D eigenvalue weighted by Gasteiger charge is 2.19. The molecule has 2 aromatic rings. The number of aryl methyl sites for hydroxylation is 1. The van der Waals surface area contributed by atoms with Gasteiger partial charge in [0.25, 0.3) is 0 Å². The zero-order chi connectivity index (χ0) is 19.2. The Morgan fingerprint density at radius 2 is 1.78 bits per heavy atom. The van der Waals surface area contributed by atoms with Crippen molar-refractivity contribution in [1.29, 1.82) is 0 Å². The number of nitrogens with zero attached hydrogens (tertiary/aromatic N) is 1. The second-order valence-electron chi connectivity index (χ2n) is 7.38. The molecule has 0 aliphatic carbocycles. The smallest absolute Gasteiger partial charge is 0.241 e. The van der Waals surface area contributed by atoms with Crippen molar-refractivity contribution in [3.8, 4) is 0 Å². The molecule has 0 bridgehead atoms. The van der Waals surface area contributed by atoms with Gasteiger partial charge in [-0.25, -0.2) is 0 Å². The number of hydrogen-bond donors (Lipinski definition) is 3. The molecule has 1 atom stereocenters. The summed E-state index contributed by atoms with van der Waals surface area (Å²) < 4.78 is 0. The lowest BCUT2D eigenvalue weighted by molar-refractivity contribution is -0.122. The van der Waals surface area contributed by atoms with Crippen molar-refractivity contribution in [2.45, 2.75) is 45.0 Å². The average Bonchev–Trinajstić information content (AvgIpc) is 2.69. The largest absolute Gasteiger partial charge is 0.393 e. The molecule has 1 heterocycles. The first-order valence-electron chi connectivity index (χ1n) is 9.60. The first-order valence-corrected chi connectivity index (χ1v) is 9.60. The SMILES string of the molecule is Cc1ccc(C(N)C(=O)NCc2ccccc2CN2CCC(O)CC2)cc1. The van der Waals surface area contributed by atoms with Crippen LogP contribution >= 0.6 is 0 Å². The number of hydrogen-bond acceptors (Lipinski definition) is 4. The molecule has 0 aromatic heterocycles. The van der Waals surface area contributed by atoms with Gasteiger partial charge in [-0.1, -0.05) is 54.1 Å². The van der Waals surface area contributed by atoms with Crippen LogP contribution in [0.1, 0.15) is 41.1 Å². The van der Waals surface area contributed by atoms with Gasteiger partial charge in [0.2, 0.25) is 5.91 Å². The lowest BCUT2D eigenvalue weighted by Gasteiger charge is -2.30. The number of benzene rings is 2. The lowest BCUT2D eigenvalue weighted by Crippen LogP contribution is -2.36. The summed E-state index contributed by atoms with van der Waals surface area (Å²) >= 11 is 0. The van der Waals surface area contributed by atoms with E-state index in [4.69, 9.17) is 5.73 Å². The minimum atomic E-state index is -0.665. The molecule has 0 spiro atoms. The van der Waals surface area contributed by atoms with E-state index < -0.39 is 6.04 Å². The van der Waals surface area contributed by atoms with Crippen LogP contribution in [0.25, 0.3) is 0 Å². The van der Waals surface area contributed by atoms with Crippen molar-refractivity contribution in [2.75, 3.05) is 13.1 Å². The molecule has 0 saturated carbocycles. The van der Waals surface area contributed by atoms with Crippen molar-refractivity contribution in [2.24, 2.45) is 5.73 Å². The van der Waals surface area contributed by atoms with E-state index in [0.29, 0.717) is 6.54 Å². The standard InChI is InChI=1S/C22H29N3O2/c1-16-6-8-17(9-7-16)21(23)22(27)24-14-18-4-2-3-5-19(18)15-25-12-10-20(26)11-13-25/h2-9,20-21,26H,10-15,23H2,1H3,(H,24,27). The van der Waals surface area contributed by atoms with Gasteiger partial charge in [-0.2, -0.15) is 0 Å². The third-order valence-electron chi connectivity index (χ3n) is 5.24. The van der Waals surface area contributed by atoms with Gasteiger partial charge in [0.15, 0.2) is 0 Å². The minimum absolute atomic E-state index is 0.168. The van der Waals surface area contributed by atoms with E-state index in [9.17, 15) is 9.90 Å². The number of aliphatic hydroxyl groups is 1. The molecule has 3 rings (SSSR count). The van der Waals surface area contributed by atoms with Gasteiger partial charge in [-0.3, -0.25) is 9.69 Å². The zero-order valence-electron chi connectivity index (χ0n) is 15.9. The highest BCUT2D eigenvalue weighted by atomic mass is 16.3. The number of nitrogens with one attached hydrogen (secondary N) is 1. The third-order valence-corrected chi connectivity index (χ3v) is 5.24. The number of piperidine rings is 1. The van der Waals surface area contributed by atoms with E-state index in [1.54, 1.807) is 0 Å². The van der Waals surface area contributed by atoms with Gasteiger partial charge < -0.3 is 16.2 Å². The second kappa shape index (κ2) is 9.13. The first-order chi connectivity index (χ1) is 13.0. The summed E-state index contributed by atoms with van der Waals surface area (Å²) in [5, 5.41) is 12.6. The maximum atomic E-state index is 12.5. The number of carbonyl (C=O) groups is 1. The van der Waals surface area contributed by atoms with Crippen molar-refractivity contribution >= 4 is 5.91 Å². The van der Waals surface area contributed by atoms with Crippen molar-refractivity contribution in [1.82, 2.24) is 10.2 Å². The van der Waals surface area contributed by atoms with E-state index in [2.05, 4.69) is 16.3 Å². The van der Waals surface area contributed by atoms with Crippen LogP contribution in [-0.4, -0.2) is 35.1 Å². The number of carbonyl (C=O) groups excluding carboxylic acids is 1. The fourth-order valence-corrected chi connectivity index (χ4v) is 3.42. The van der Waals surface area contributed by atoms with E-state index in [0.717, 1.165) is 49.2 Å². The number of likely N-dealkylation sites (tertiary alicyclic amines) is 1. The Kier molecular flexibility index (Phi) is 6.61. The molecule has 4 N–H and O–H groups in total. The molecule has 1 saturated heterocycles. The Balaban J connectivity index is 1.59. The van der Waals surface area contributed by atoms with E-state index in [1.165, 1.54) is 5.56 Å². The molecule has 1 amide bonds. The van der Waals surface area contributed by atoms with Crippen LogP contribution < -0.4 is 11.1 Å². The summed E-state index contributed by atoms with van der Waals surface area (Å²) in [4.78, 5) is 14.8. The Morgan fingerprint density at radius 1 is 1.15 bits per heavy atom. The first kappa shape index (κ1) is 19.5. The molecular weight excluding hydrogens is 338 g/mol. The maximum absolute atomic E-state index is 12.5. The molecule has 1 unspecified atom stereocenters. The molecule has 27 heavy (non-hydrogen) atoms. The predicted molar refractivity (Wildman–Crippen MR) is 107 cm³/mol. The Bertz CT molecular complexity index is 752. The number of amides is 1. The Hall–Kier alpha value is -2.21. The molecule has 0 radical (unpaired) electrons. The highest BCUT2D eigenvalue weighted by Crippen LogP contribution is 2.17. The van der Waals surface area contributed by atoms with Crippen molar-refractivity contribution < 1.29 is 9.90 Å². The van der Waals surface area contributed by atoms with Gasteiger partial charge >= 0.3 is 0 Å². The molecule has 5 nitrogen and oxygen atoms in total. The molecule has 1 aliphatic heterocycles. The molecule has 2 aromatic carbocycles. The average molecular weight is 367 g/mol. The summed E-state index contributed by atoms with van der Waals surface area (Å²) in [5.41, 5.74) is 10.4. The van der Waals surface area contributed by atoms with E-state index in [1.807, 2.05) is 49.4 Å². The summed E-state index contributed by atoms with van der Waals surface area (Å²) in [6, 6.07) is 15.2. The molecule has 144 valence electrons. The van der Waals surface area contributed by atoms with Crippen LogP contribution in [-0.2, 0) is 17.9 Å². The van der Waals surface area contributed by atoms with Gasteiger partial charge in [-0.05, 0) is 36.5 Å². The van der Waals surface area contributed by atoms with Crippen molar-refractivity contribution in [3.63, 3.8) is 0 Å². The van der Waals surface area contributed by atoms with Gasteiger partial charge in [0.1, 0.15) is 6.04 Å². The fraction of sp³-hybridized carbons (Fsp3) is 0.409. The summed E-state index contributed by atoms with van der Waals surface area (Å²) in [5.74, 6) is -0.172. The van der Waals surface area contributed by atoms with Crippen molar-refractivity contribution in [3.05, 3.63) is 70.8 Å². The fourth-order valence-electron chi connectivity index (χ4n) is 3.42. The second-order valence-corrected chi connectivity index (χ2v) is 7.38. The summed E-state index contributed by atoms with van der Waals surface area (Å²) in [6.45, 7) is 5.11. The van der Waals surface area contributed by atoms with Crippen LogP contribution in [0.2, 0.25) is 0 Å². The van der Waals surface area contributed by atoms with Crippen LogP contribution in [0.3, 0.4) is 0 Å². The van der Waals surface area contributed by atoms with Gasteiger partial charge in [0.05, 0.1) is 6.10 Å². The highest BCUT2D eigenvalue weighted by molar-refractivity contribution is 5.82.